The van der Waals surface area contributed by atoms with Crippen LogP contribution in [0.3, 0.4) is 0 Å². The first-order valence-corrected chi connectivity index (χ1v) is 22.3. The van der Waals surface area contributed by atoms with Crippen LogP contribution >= 0.6 is 0 Å². The summed E-state index contributed by atoms with van der Waals surface area (Å²) in [6.07, 6.45) is -3.89. The quantitative estimate of drug-likeness (QED) is 0.0179. The number of hydrogen-bond acceptors (Lipinski definition) is 14. The molecule has 28 heteroatoms. The summed E-state index contributed by atoms with van der Waals surface area (Å²) < 4.78 is 0. The van der Waals surface area contributed by atoms with E-state index in [1.165, 1.54) is 0 Å². The molecule has 0 aliphatic heterocycles. The first kappa shape index (κ1) is 61.1. The average molecular weight is 1010 g/mol. The van der Waals surface area contributed by atoms with E-state index in [1.54, 1.807) is 58.0 Å². The summed E-state index contributed by atoms with van der Waals surface area (Å²) in [7, 11) is 0. The second-order valence-electron chi connectivity index (χ2n) is 16.6. The molecule has 8 amide bonds. The Morgan fingerprint density at radius 2 is 0.915 bits per heavy atom. The normalized spacial score (nSPS) is 15.1. The number of aliphatic imine (C=N–C) groups is 1. The van der Waals surface area contributed by atoms with Crippen molar-refractivity contribution in [3.8, 4) is 0 Å². The van der Waals surface area contributed by atoms with Gasteiger partial charge < -0.3 is 80.6 Å². The lowest BCUT2D eigenvalue weighted by Gasteiger charge is -2.30. The van der Waals surface area contributed by atoms with Crippen molar-refractivity contribution >= 4 is 77.1 Å². The number of nitrogens with one attached hydrogen (secondary N) is 7. The largest absolute Gasteiger partial charge is 0.481 e. The Hall–Kier alpha value is -7.91. The smallest absolute Gasteiger partial charge is 0.326 e. The minimum absolute atomic E-state index is 0.0313. The Bertz CT molecular complexity index is 2100. The number of amides is 8. The zero-order valence-electron chi connectivity index (χ0n) is 39.7. The van der Waals surface area contributed by atoms with Gasteiger partial charge in [-0.15, -0.1) is 0 Å². The van der Waals surface area contributed by atoms with E-state index in [9.17, 15) is 78.0 Å². The molecule has 0 bridgehead atoms. The molecule has 0 aliphatic rings. The Morgan fingerprint density at radius 1 is 0.521 bits per heavy atom. The summed E-state index contributed by atoms with van der Waals surface area (Å²) in [5.74, 6) is -17.1. The zero-order valence-corrected chi connectivity index (χ0v) is 39.7. The molecular weight excluding hydrogens is 941 g/mol. The summed E-state index contributed by atoms with van der Waals surface area (Å²) in [5, 5.41) is 54.4. The first-order valence-electron chi connectivity index (χ1n) is 22.3. The number of rotatable bonds is 33. The van der Waals surface area contributed by atoms with E-state index in [0.29, 0.717) is 12.0 Å². The van der Waals surface area contributed by atoms with Gasteiger partial charge in [0.2, 0.25) is 47.3 Å². The number of nitrogens with two attached hydrogens (primary N) is 4. The number of guanidine groups is 1. The minimum atomic E-state index is -2.16. The zero-order chi connectivity index (χ0) is 54.1. The molecule has 71 heavy (non-hydrogen) atoms. The lowest BCUT2D eigenvalue weighted by molar-refractivity contribution is -0.144. The lowest BCUT2D eigenvalue weighted by atomic mass is 9.96. The van der Waals surface area contributed by atoms with Crippen molar-refractivity contribution in [2.45, 2.75) is 134 Å². The van der Waals surface area contributed by atoms with Crippen LogP contribution in [0.4, 0.5) is 0 Å². The Labute approximate surface area is 407 Å². The van der Waals surface area contributed by atoms with Crippen molar-refractivity contribution in [2.75, 3.05) is 6.54 Å². The number of aliphatic carboxylic acids is 4. The Balaban J connectivity index is 3.60. The maximum atomic E-state index is 14.3. The van der Waals surface area contributed by atoms with Gasteiger partial charge in [0.25, 0.3) is 0 Å². The van der Waals surface area contributed by atoms with Crippen molar-refractivity contribution in [1.82, 2.24) is 37.2 Å². The van der Waals surface area contributed by atoms with Gasteiger partial charge in [-0.3, -0.25) is 57.7 Å². The molecule has 0 heterocycles. The monoisotopic (exact) mass is 1010 g/mol. The fourth-order valence-electron chi connectivity index (χ4n) is 6.54. The molecule has 0 aliphatic carbocycles. The SMILES string of the molecule is CC[C@H](C)[C@H](NC(=O)[C@H](CCCN=C(N)N)NC(=O)[C@@H](NC(=O)[C@H](Cc1ccccc1)NC(=O)[C@H](CC(=O)O)NC(=O)[C@H](CC(=O)O)NC(=O)[C@H](CC(=O)O)NC(=O)[C@@H](N)CC(N)=O)[C@@H](C)CC)C(=O)O. The second-order valence-corrected chi connectivity index (χ2v) is 16.6. The lowest BCUT2D eigenvalue weighted by Crippen LogP contribution is -2.61. The minimum Gasteiger partial charge on any atom is -0.481 e. The predicted octanol–water partition coefficient (Wildman–Crippen LogP) is -4.52. The molecule has 1 rings (SSSR count). The summed E-state index contributed by atoms with van der Waals surface area (Å²) in [6, 6.07) is -5.69. The molecule has 0 radical (unpaired) electrons. The summed E-state index contributed by atoms with van der Waals surface area (Å²) in [5.41, 5.74) is 21.9. The van der Waals surface area contributed by atoms with Gasteiger partial charge >= 0.3 is 23.9 Å². The third kappa shape index (κ3) is 22.8. The molecule has 0 fully saturated rings. The maximum Gasteiger partial charge on any atom is 0.326 e. The topological polar surface area (TPSA) is 486 Å². The number of primary amides is 1. The molecule has 28 nitrogen and oxygen atoms in total. The van der Waals surface area contributed by atoms with Crippen LogP contribution in [0, 0.1) is 11.8 Å². The summed E-state index contributed by atoms with van der Waals surface area (Å²) >= 11 is 0. The third-order valence-electron chi connectivity index (χ3n) is 10.9. The van der Waals surface area contributed by atoms with E-state index in [2.05, 4.69) is 26.3 Å². The molecule has 0 saturated carbocycles. The Morgan fingerprint density at radius 3 is 1.34 bits per heavy atom. The second kappa shape index (κ2) is 30.6. The molecule has 0 unspecified atom stereocenters. The van der Waals surface area contributed by atoms with Crippen LogP contribution in [0.1, 0.15) is 84.6 Å². The number of nitrogens with zero attached hydrogens (tertiary/aromatic N) is 1. The van der Waals surface area contributed by atoms with Gasteiger partial charge in [-0.2, -0.15) is 0 Å². The number of carbonyl (C=O) groups is 12. The Kier molecular flexibility index (Phi) is 26.3. The average Bonchev–Trinajstić information content (AvgIpc) is 3.28. The summed E-state index contributed by atoms with van der Waals surface area (Å²) in [6.45, 7) is 6.64. The van der Waals surface area contributed by atoms with Gasteiger partial charge in [0.05, 0.1) is 31.7 Å². The summed E-state index contributed by atoms with van der Waals surface area (Å²) in [4.78, 5) is 158. The van der Waals surface area contributed by atoms with E-state index in [-0.39, 0.29) is 38.2 Å². The molecule has 0 saturated heterocycles. The van der Waals surface area contributed by atoms with Crippen LogP contribution in [-0.2, 0) is 64.0 Å². The number of carbonyl (C=O) groups excluding carboxylic acids is 8. The third-order valence-corrected chi connectivity index (χ3v) is 10.9. The molecule has 1 aromatic carbocycles. The molecule has 0 spiro atoms. The van der Waals surface area contributed by atoms with Crippen molar-refractivity contribution in [3.05, 3.63) is 35.9 Å². The van der Waals surface area contributed by atoms with Crippen LogP contribution in [0.2, 0.25) is 0 Å². The fourth-order valence-corrected chi connectivity index (χ4v) is 6.54. The van der Waals surface area contributed by atoms with Crippen molar-refractivity contribution in [1.29, 1.82) is 0 Å². The van der Waals surface area contributed by atoms with Crippen LogP contribution in [0.25, 0.3) is 0 Å². The van der Waals surface area contributed by atoms with Gasteiger partial charge in [0.1, 0.15) is 42.3 Å². The number of hydrogen-bond donors (Lipinski definition) is 15. The number of carboxylic acid groups (broad SMARTS) is 4. The number of carboxylic acids is 4. The fraction of sp³-hybridized carbons (Fsp3) is 0.558. The molecule has 394 valence electrons. The van der Waals surface area contributed by atoms with E-state index in [4.69, 9.17) is 22.9 Å². The van der Waals surface area contributed by atoms with Gasteiger partial charge in [0.15, 0.2) is 5.96 Å². The highest BCUT2D eigenvalue weighted by molar-refractivity contribution is 6.00. The van der Waals surface area contributed by atoms with Crippen molar-refractivity contribution in [3.63, 3.8) is 0 Å². The standard InChI is InChI=1S/C43H66N12O16/c1-5-20(3)33(41(69)49-24(13-10-14-48-43(46)47)36(64)55-34(42(70)71)21(4)6-2)54-40(68)25(15-22-11-8-7-9-12-22)51-38(66)27(18-31(59)60)53-39(67)28(19-32(61)62)52-37(65)26(17-30(57)58)50-35(63)23(44)16-29(45)56/h7-9,11-12,20-21,23-28,33-34H,5-6,10,13-19,44H2,1-4H3,(H2,45,56)(H,49,69)(H,50,63)(H,51,66)(H,52,65)(H,53,67)(H,54,68)(H,55,64)(H,57,58)(H,59,60)(H,61,62)(H,70,71)(H4,46,47,48)/t20-,21-,23-,24-,25-,26-,27-,28-,33-,34-/m0/s1. The maximum absolute atomic E-state index is 14.3. The first-order chi connectivity index (χ1) is 33.2. The van der Waals surface area contributed by atoms with E-state index < -0.39 is 157 Å². The highest BCUT2D eigenvalue weighted by atomic mass is 16.4. The van der Waals surface area contributed by atoms with Gasteiger partial charge in [0, 0.05) is 13.0 Å². The van der Waals surface area contributed by atoms with Gasteiger partial charge in [-0.1, -0.05) is 70.9 Å². The van der Waals surface area contributed by atoms with Crippen molar-refractivity contribution < 1.29 is 78.0 Å². The van der Waals surface area contributed by atoms with Gasteiger partial charge in [-0.05, 0) is 30.2 Å². The van der Waals surface area contributed by atoms with Crippen LogP contribution in [0.15, 0.2) is 35.3 Å². The van der Waals surface area contributed by atoms with Crippen LogP contribution in [0.5, 0.6) is 0 Å². The van der Waals surface area contributed by atoms with Crippen LogP contribution in [-0.4, -0.2) is 152 Å². The van der Waals surface area contributed by atoms with E-state index in [1.807, 2.05) is 16.0 Å². The molecule has 1 aromatic rings. The van der Waals surface area contributed by atoms with E-state index >= 15 is 0 Å². The predicted molar refractivity (Wildman–Crippen MR) is 249 cm³/mol. The molecule has 19 N–H and O–H groups in total. The van der Waals surface area contributed by atoms with E-state index in [0.717, 1.165) is 0 Å². The number of benzene rings is 1. The van der Waals surface area contributed by atoms with Crippen LogP contribution < -0.4 is 60.2 Å². The highest BCUT2D eigenvalue weighted by Crippen LogP contribution is 2.14. The van der Waals surface area contributed by atoms with Gasteiger partial charge in [-0.25, -0.2) is 4.79 Å². The van der Waals surface area contributed by atoms with Crippen molar-refractivity contribution in [2.24, 2.45) is 39.8 Å². The molecule has 0 aromatic heterocycles. The molecular formula is C43H66N12O16. The highest BCUT2D eigenvalue weighted by Gasteiger charge is 2.37. The molecule has 10 atom stereocenters.